The molecule has 0 spiro atoms. The Balaban J connectivity index is 1.62. The van der Waals surface area contributed by atoms with Crippen molar-refractivity contribution in [1.82, 2.24) is 19.9 Å². The Morgan fingerprint density at radius 2 is 2.25 bits per heavy atom. The first kappa shape index (κ1) is 16.2. The molecule has 0 atom stereocenters. The number of hydrogen-bond acceptors (Lipinski definition) is 4. The van der Waals surface area contributed by atoms with Crippen molar-refractivity contribution in [2.75, 3.05) is 6.54 Å². The van der Waals surface area contributed by atoms with E-state index in [4.69, 9.17) is 4.42 Å². The summed E-state index contributed by atoms with van der Waals surface area (Å²) in [5, 5.41) is 2.92. The molecule has 1 aromatic carbocycles. The Morgan fingerprint density at radius 3 is 3.00 bits per heavy atom. The normalized spacial score (nSPS) is 11.1. The molecule has 0 bridgehead atoms. The highest BCUT2D eigenvalue weighted by molar-refractivity contribution is 5.97. The number of amides is 1. The van der Waals surface area contributed by atoms with E-state index in [2.05, 4.69) is 22.2 Å². The molecule has 2 heterocycles. The van der Waals surface area contributed by atoms with E-state index >= 15 is 0 Å². The number of aromatic nitrogens is 3. The molecule has 1 N–H and O–H groups in total. The molecule has 0 saturated heterocycles. The fourth-order valence-electron chi connectivity index (χ4n) is 2.58. The Labute approximate surface area is 140 Å². The minimum atomic E-state index is -0.104. The van der Waals surface area contributed by atoms with E-state index in [1.165, 1.54) is 0 Å². The minimum Gasteiger partial charge on any atom is -0.441 e. The lowest BCUT2D eigenvalue weighted by Crippen LogP contribution is -2.27. The number of nitrogens with one attached hydrogen (secondary N) is 1. The van der Waals surface area contributed by atoms with Crippen LogP contribution in [0, 0.1) is 6.92 Å². The minimum absolute atomic E-state index is 0.104. The van der Waals surface area contributed by atoms with Gasteiger partial charge < -0.3 is 14.3 Å². The van der Waals surface area contributed by atoms with Crippen LogP contribution in [0.15, 0.2) is 35.0 Å². The first-order chi connectivity index (χ1) is 11.7. The number of hydrogen-bond donors (Lipinski definition) is 1. The second-order valence-corrected chi connectivity index (χ2v) is 5.82. The summed E-state index contributed by atoms with van der Waals surface area (Å²) in [7, 11) is 0. The second-order valence-electron chi connectivity index (χ2n) is 5.82. The molecule has 0 saturated carbocycles. The Kier molecular flexibility index (Phi) is 4.93. The van der Waals surface area contributed by atoms with Gasteiger partial charge in [0.2, 0.25) is 0 Å². The highest BCUT2D eigenvalue weighted by atomic mass is 16.3. The van der Waals surface area contributed by atoms with Crippen molar-refractivity contribution >= 4 is 17.0 Å². The van der Waals surface area contributed by atoms with Crippen LogP contribution in [0.3, 0.4) is 0 Å². The molecule has 24 heavy (non-hydrogen) atoms. The van der Waals surface area contributed by atoms with E-state index in [1.54, 1.807) is 18.3 Å². The number of fused-ring (bicyclic) bond motifs is 1. The highest BCUT2D eigenvalue weighted by Gasteiger charge is 2.10. The van der Waals surface area contributed by atoms with Gasteiger partial charge in [-0.05, 0) is 31.5 Å². The van der Waals surface area contributed by atoms with Crippen molar-refractivity contribution in [1.29, 1.82) is 0 Å². The molecule has 3 aromatic rings. The van der Waals surface area contributed by atoms with Crippen LogP contribution >= 0.6 is 0 Å². The van der Waals surface area contributed by atoms with Crippen molar-refractivity contribution in [3.05, 3.63) is 47.9 Å². The van der Waals surface area contributed by atoms with Crippen LogP contribution in [-0.4, -0.2) is 27.0 Å². The smallest absolute Gasteiger partial charge is 0.251 e. The average Bonchev–Trinajstić information content (AvgIpc) is 3.18. The molecule has 0 aliphatic rings. The van der Waals surface area contributed by atoms with Crippen LogP contribution in [0.25, 0.3) is 11.1 Å². The number of aryl methyl sites for hydroxylation is 2. The van der Waals surface area contributed by atoms with Crippen LogP contribution in [0.1, 0.15) is 41.8 Å². The average molecular weight is 326 g/mol. The molecule has 0 fully saturated rings. The zero-order chi connectivity index (χ0) is 16.9. The lowest BCUT2D eigenvalue weighted by molar-refractivity contribution is 0.0952. The summed E-state index contributed by atoms with van der Waals surface area (Å²) in [5.74, 6) is 1.57. The van der Waals surface area contributed by atoms with E-state index in [1.807, 2.05) is 23.8 Å². The SMILES string of the molecule is CCCCc1nc2cc(C(=O)NCCn3ccnc3C)ccc2o1. The van der Waals surface area contributed by atoms with Crippen LogP contribution in [0.4, 0.5) is 0 Å². The van der Waals surface area contributed by atoms with Crippen molar-refractivity contribution in [3.8, 4) is 0 Å². The Morgan fingerprint density at radius 1 is 1.38 bits per heavy atom. The molecular formula is C18H22N4O2. The van der Waals surface area contributed by atoms with Gasteiger partial charge in [0.1, 0.15) is 11.3 Å². The summed E-state index contributed by atoms with van der Waals surface area (Å²) in [6.07, 6.45) is 6.64. The monoisotopic (exact) mass is 326 g/mol. The lowest BCUT2D eigenvalue weighted by Gasteiger charge is -2.07. The van der Waals surface area contributed by atoms with Crippen LogP contribution in [0.5, 0.6) is 0 Å². The zero-order valence-corrected chi connectivity index (χ0v) is 14.1. The number of nitrogens with zero attached hydrogens (tertiary/aromatic N) is 3. The number of benzene rings is 1. The molecule has 0 aliphatic carbocycles. The summed E-state index contributed by atoms with van der Waals surface area (Å²) in [6.45, 7) is 5.33. The second kappa shape index (κ2) is 7.29. The summed E-state index contributed by atoms with van der Waals surface area (Å²) in [5.41, 5.74) is 2.06. The molecule has 0 unspecified atom stereocenters. The standard InChI is InChI=1S/C18H22N4O2/c1-3-4-5-17-21-15-12-14(6-7-16(15)24-17)18(23)20-9-11-22-10-8-19-13(22)2/h6-8,10,12H,3-5,9,11H2,1-2H3,(H,20,23). The van der Waals surface area contributed by atoms with Crippen LogP contribution in [-0.2, 0) is 13.0 Å². The van der Waals surface area contributed by atoms with E-state index in [-0.39, 0.29) is 5.91 Å². The highest BCUT2D eigenvalue weighted by Crippen LogP contribution is 2.18. The lowest BCUT2D eigenvalue weighted by atomic mass is 10.2. The van der Waals surface area contributed by atoms with Crippen molar-refractivity contribution in [3.63, 3.8) is 0 Å². The molecule has 3 rings (SSSR count). The summed E-state index contributed by atoms with van der Waals surface area (Å²) < 4.78 is 7.70. The third-order valence-electron chi connectivity index (χ3n) is 4.00. The maximum atomic E-state index is 12.3. The van der Waals surface area contributed by atoms with Crippen molar-refractivity contribution < 1.29 is 9.21 Å². The van der Waals surface area contributed by atoms with Crippen molar-refractivity contribution in [2.24, 2.45) is 0 Å². The van der Waals surface area contributed by atoms with Gasteiger partial charge in [-0.2, -0.15) is 0 Å². The predicted octanol–water partition coefficient (Wildman–Crippen LogP) is 3.11. The van der Waals surface area contributed by atoms with Crippen LogP contribution < -0.4 is 5.32 Å². The summed E-state index contributed by atoms with van der Waals surface area (Å²) >= 11 is 0. The molecule has 0 radical (unpaired) electrons. The maximum Gasteiger partial charge on any atom is 0.251 e. The van der Waals surface area contributed by atoms with Gasteiger partial charge in [0, 0.05) is 37.5 Å². The van der Waals surface area contributed by atoms with Gasteiger partial charge in [-0.3, -0.25) is 4.79 Å². The van der Waals surface area contributed by atoms with Gasteiger partial charge in [0.25, 0.3) is 5.91 Å². The Bertz CT molecular complexity index is 835. The van der Waals surface area contributed by atoms with Crippen molar-refractivity contribution in [2.45, 2.75) is 39.7 Å². The largest absolute Gasteiger partial charge is 0.441 e. The molecule has 2 aromatic heterocycles. The zero-order valence-electron chi connectivity index (χ0n) is 14.1. The fourth-order valence-corrected chi connectivity index (χ4v) is 2.58. The maximum absolute atomic E-state index is 12.3. The van der Waals surface area contributed by atoms with E-state index < -0.39 is 0 Å². The number of carbonyl (C=O) groups excluding carboxylic acids is 1. The molecule has 6 nitrogen and oxygen atoms in total. The molecule has 126 valence electrons. The van der Waals surface area contributed by atoms with Gasteiger partial charge >= 0.3 is 0 Å². The van der Waals surface area contributed by atoms with Gasteiger partial charge in [-0.25, -0.2) is 9.97 Å². The number of oxazole rings is 1. The van der Waals surface area contributed by atoms with E-state index in [9.17, 15) is 4.79 Å². The van der Waals surface area contributed by atoms with E-state index in [0.717, 1.165) is 42.1 Å². The Hall–Kier alpha value is -2.63. The van der Waals surface area contributed by atoms with Gasteiger partial charge in [0.05, 0.1) is 0 Å². The number of rotatable bonds is 7. The topological polar surface area (TPSA) is 73.0 Å². The van der Waals surface area contributed by atoms with Gasteiger partial charge in [-0.1, -0.05) is 13.3 Å². The first-order valence-corrected chi connectivity index (χ1v) is 8.33. The number of imidazole rings is 1. The number of unbranched alkanes of at least 4 members (excludes halogenated alkanes) is 1. The molecule has 6 heteroatoms. The third-order valence-corrected chi connectivity index (χ3v) is 4.00. The van der Waals surface area contributed by atoms with Gasteiger partial charge in [-0.15, -0.1) is 0 Å². The number of carbonyl (C=O) groups is 1. The van der Waals surface area contributed by atoms with Crippen LogP contribution in [0.2, 0.25) is 0 Å². The summed E-state index contributed by atoms with van der Waals surface area (Å²) in [4.78, 5) is 20.9. The molecular weight excluding hydrogens is 304 g/mol. The van der Waals surface area contributed by atoms with E-state index in [0.29, 0.717) is 18.7 Å². The molecule has 1 amide bonds. The fraction of sp³-hybridized carbons (Fsp3) is 0.389. The molecule has 0 aliphatic heterocycles. The summed E-state index contributed by atoms with van der Waals surface area (Å²) in [6, 6.07) is 5.37. The predicted molar refractivity (Wildman–Crippen MR) is 91.9 cm³/mol. The quantitative estimate of drug-likeness (QED) is 0.724. The third kappa shape index (κ3) is 3.64. The van der Waals surface area contributed by atoms with Gasteiger partial charge in [0.15, 0.2) is 11.5 Å². The first-order valence-electron chi connectivity index (χ1n) is 8.33.